The van der Waals surface area contributed by atoms with Crippen molar-refractivity contribution >= 4 is 11.7 Å². The molecule has 0 aromatic carbocycles. The summed E-state index contributed by atoms with van der Waals surface area (Å²) in [5, 5.41) is 8.56. The maximum Gasteiger partial charge on any atom is 0.274 e. The molecule has 0 aliphatic carbocycles. The van der Waals surface area contributed by atoms with Gasteiger partial charge in [0.15, 0.2) is 11.5 Å². The minimum absolute atomic E-state index is 0.0443. The van der Waals surface area contributed by atoms with E-state index in [1.165, 1.54) is 19.3 Å². The van der Waals surface area contributed by atoms with Gasteiger partial charge in [-0.3, -0.25) is 4.79 Å². The van der Waals surface area contributed by atoms with E-state index in [9.17, 15) is 4.79 Å². The van der Waals surface area contributed by atoms with Crippen molar-refractivity contribution in [3.8, 4) is 0 Å². The molecule has 0 bridgehead atoms. The first kappa shape index (κ1) is 16.2. The number of carbonyl (C=O) groups is 1. The lowest BCUT2D eigenvalue weighted by molar-refractivity contribution is 0.0600. The molecule has 0 radical (unpaired) electrons. The van der Waals surface area contributed by atoms with Gasteiger partial charge >= 0.3 is 0 Å². The van der Waals surface area contributed by atoms with Crippen molar-refractivity contribution in [2.75, 3.05) is 24.5 Å². The van der Waals surface area contributed by atoms with Gasteiger partial charge in [0.05, 0.1) is 0 Å². The summed E-state index contributed by atoms with van der Waals surface area (Å²) in [7, 11) is 0. The molecule has 0 N–H and O–H groups in total. The summed E-state index contributed by atoms with van der Waals surface area (Å²) in [6.45, 7) is 7.38. The van der Waals surface area contributed by atoms with Crippen LogP contribution in [0.4, 0.5) is 5.82 Å². The molecule has 5 heteroatoms. The summed E-state index contributed by atoms with van der Waals surface area (Å²) < 4.78 is 0. The highest BCUT2D eigenvalue weighted by Gasteiger charge is 2.27. The van der Waals surface area contributed by atoms with E-state index in [0.29, 0.717) is 11.7 Å². The predicted molar refractivity (Wildman–Crippen MR) is 91.6 cm³/mol. The summed E-state index contributed by atoms with van der Waals surface area (Å²) in [5.41, 5.74) is 0.486. The first-order valence-electron chi connectivity index (χ1n) is 9.08. The lowest BCUT2D eigenvalue weighted by atomic mass is 9.99. The standard InChI is InChI=1S/C18H28N4O/c1-3-15-6-4-5-11-22(15)18(23)16-7-8-17(20-19-16)21-12-9-14(2)10-13-21/h7-8,14-15H,3-6,9-13H2,1-2H3. The quantitative estimate of drug-likeness (QED) is 0.859. The van der Waals surface area contributed by atoms with Crippen molar-refractivity contribution in [1.29, 1.82) is 0 Å². The second-order valence-corrected chi connectivity index (χ2v) is 7.00. The van der Waals surface area contributed by atoms with Crippen LogP contribution in [0.3, 0.4) is 0 Å². The van der Waals surface area contributed by atoms with Crippen LogP contribution in [0.1, 0.15) is 62.9 Å². The van der Waals surface area contributed by atoms with E-state index in [2.05, 4.69) is 28.9 Å². The van der Waals surface area contributed by atoms with Gasteiger partial charge in [-0.05, 0) is 56.6 Å². The van der Waals surface area contributed by atoms with Crippen molar-refractivity contribution in [2.45, 2.75) is 58.4 Å². The Bertz CT molecular complexity index is 522. The third kappa shape index (κ3) is 3.65. The van der Waals surface area contributed by atoms with Crippen molar-refractivity contribution in [1.82, 2.24) is 15.1 Å². The number of carbonyl (C=O) groups excluding carboxylic acids is 1. The minimum atomic E-state index is 0.0443. The van der Waals surface area contributed by atoms with Gasteiger partial charge in [0, 0.05) is 25.7 Å². The molecular formula is C18H28N4O. The number of piperidine rings is 2. The van der Waals surface area contributed by atoms with E-state index in [4.69, 9.17) is 0 Å². The highest BCUT2D eigenvalue weighted by atomic mass is 16.2. The first-order chi connectivity index (χ1) is 11.2. The van der Waals surface area contributed by atoms with Gasteiger partial charge < -0.3 is 9.80 Å². The number of likely N-dealkylation sites (tertiary alicyclic amines) is 1. The van der Waals surface area contributed by atoms with Crippen molar-refractivity contribution in [3.05, 3.63) is 17.8 Å². The van der Waals surface area contributed by atoms with E-state index in [-0.39, 0.29) is 5.91 Å². The number of amides is 1. The Kier molecular flexibility index (Phi) is 5.13. The van der Waals surface area contributed by atoms with Crippen LogP contribution in [-0.4, -0.2) is 46.7 Å². The Morgan fingerprint density at radius 1 is 1.13 bits per heavy atom. The van der Waals surface area contributed by atoms with Crippen LogP contribution >= 0.6 is 0 Å². The third-order valence-electron chi connectivity index (χ3n) is 5.34. The third-order valence-corrected chi connectivity index (χ3v) is 5.34. The summed E-state index contributed by atoms with van der Waals surface area (Å²) in [6, 6.07) is 4.17. The molecule has 0 spiro atoms. The van der Waals surface area contributed by atoms with Crippen LogP contribution in [-0.2, 0) is 0 Å². The molecule has 2 saturated heterocycles. The number of hydrogen-bond donors (Lipinski definition) is 0. The van der Waals surface area contributed by atoms with Crippen LogP contribution in [0.5, 0.6) is 0 Å². The first-order valence-corrected chi connectivity index (χ1v) is 9.08. The lowest BCUT2D eigenvalue weighted by Crippen LogP contribution is -2.43. The van der Waals surface area contributed by atoms with Crippen LogP contribution in [0.2, 0.25) is 0 Å². The number of nitrogens with zero attached hydrogens (tertiary/aromatic N) is 4. The van der Waals surface area contributed by atoms with Gasteiger partial charge in [-0.2, -0.15) is 0 Å². The van der Waals surface area contributed by atoms with Crippen molar-refractivity contribution in [2.24, 2.45) is 5.92 Å². The fourth-order valence-electron chi connectivity index (χ4n) is 3.69. The highest BCUT2D eigenvalue weighted by Crippen LogP contribution is 2.23. The zero-order valence-electron chi connectivity index (χ0n) is 14.4. The predicted octanol–water partition coefficient (Wildman–Crippen LogP) is 3.12. The molecule has 1 aromatic rings. The number of anilines is 1. The molecule has 1 aromatic heterocycles. The van der Waals surface area contributed by atoms with Gasteiger partial charge in [-0.15, -0.1) is 10.2 Å². The Labute approximate surface area is 139 Å². The van der Waals surface area contributed by atoms with Crippen LogP contribution in [0.15, 0.2) is 12.1 Å². The van der Waals surface area contributed by atoms with Gasteiger partial charge in [0.25, 0.3) is 5.91 Å². The summed E-state index contributed by atoms with van der Waals surface area (Å²) in [6.07, 6.45) is 6.85. The van der Waals surface area contributed by atoms with Crippen molar-refractivity contribution < 1.29 is 4.79 Å². The Hall–Kier alpha value is -1.65. The summed E-state index contributed by atoms with van der Waals surface area (Å²) in [4.78, 5) is 17.0. The van der Waals surface area contributed by atoms with E-state index < -0.39 is 0 Å². The molecule has 2 aliphatic rings. The van der Waals surface area contributed by atoms with Crippen molar-refractivity contribution in [3.63, 3.8) is 0 Å². The maximum atomic E-state index is 12.7. The fraction of sp³-hybridized carbons (Fsp3) is 0.722. The molecule has 0 saturated carbocycles. The van der Waals surface area contributed by atoms with Gasteiger partial charge in [-0.1, -0.05) is 13.8 Å². The molecule has 1 amide bonds. The van der Waals surface area contributed by atoms with E-state index >= 15 is 0 Å². The topological polar surface area (TPSA) is 49.3 Å². The molecule has 2 aliphatic heterocycles. The summed E-state index contributed by atoms with van der Waals surface area (Å²) in [5.74, 6) is 1.74. The Morgan fingerprint density at radius 3 is 2.57 bits per heavy atom. The molecule has 2 fully saturated rings. The fourth-order valence-corrected chi connectivity index (χ4v) is 3.69. The zero-order chi connectivity index (χ0) is 16.2. The average molecular weight is 316 g/mol. The van der Waals surface area contributed by atoms with Gasteiger partial charge in [0.2, 0.25) is 0 Å². The molecule has 3 heterocycles. The lowest BCUT2D eigenvalue weighted by Gasteiger charge is -2.35. The second-order valence-electron chi connectivity index (χ2n) is 7.00. The van der Waals surface area contributed by atoms with Crippen LogP contribution in [0.25, 0.3) is 0 Å². The largest absolute Gasteiger partial charge is 0.355 e. The molecule has 5 nitrogen and oxygen atoms in total. The smallest absolute Gasteiger partial charge is 0.274 e. The van der Waals surface area contributed by atoms with Crippen LogP contribution in [0, 0.1) is 5.92 Å². The van der Waals surface area contributed by atoms with E-state index in [1.807, 2.05) is 17.0 Å². The molecule has 3 rings (SSSR count). The molecule has 23 heavy (non-hydrogen) atoms. The molecular weight excluding hydrogens is 288 g/mol. The normalized spacial score (nSPS) is 23.1. The maximum absolute atomic E-state index is 12.7. The average Bonchev–Trinajstić information content (AvgIpc) is 2.62. The SMILES string of the molecule is CCC1CCCCN1C(=O)c1ccc(N2CCC(C)CC2)nn1. The number of aromatic nitrogens is 2. The number of hydrogen-bond acceptors (Lipinski definition) is 4. The number of rotatable bonds is 3. The minimum Gasteiger partial charge on any atom is -0.355 e. The summed E-state index contributed by atoms with van der Waals surface area (Å²) >= 11 is 0. The van der Waals surface area contributed by atoms with E-state index in [0.717, 1.165) is 50.6 Å². The Morgan fingerprint density at radius 2 is 1.91 bits per heavy atom. The van der Waals surface area contributed by atoms with E-state index in [1.54, 1.807) is 0 Å². The van der Waals surface area contributed by atoms with Crippen LogP contribution < -0.4 is 4.90 Å². The highest BCUT2D eigenvalue weighted by molar-refractivity contribution is 5.92. The monoisotopic (exact) mass is 316 g/mol. The molecule has 126 valence electrons. The Balaban J connectivity index is 1.67. The van der Waals surface area contributed by atoms with Gasteiger partial charge in [0.1, 0.15) is 0 Å². The van der Waals surface area contributed by atoms with Gasteiger partial charge in [-0.25, -0.2) is 0 Å². The molecule has 1 atom stereocenters. The zero-order valence-corrected chi connectivity index (χ0v) is 14.4. The molecule has 1 unspecified atom stereocenters. The second kappa shape index (κ2) is 7.28.